The van der Waals surface area contributed by atoms with Crippen molar-refractivity contribution >= 4 is 46.3 Å². The second-order valence-electron chi connectivity index (χ2n) is 7.86. The van der Waals surface area contributed by atoms with Crippen molar-refractivity contribution in [1.82, 2.24) is 4.90 Å². The van der Waals surface area contributed by atoms with Crippen LogP contribution in [0.15, 0.2) is 23.1 Å². The molecule has 2 atom stereocenters. The van der Waals surface area contributed by atoms with Gasteiger partial charge in [0.1, 0.15) is 10.4 Å². The van der Waals surface area contributed by atoms with Crippen LogP contribution in [-0.2, 0) is 9.59 Å². The van der Waals surface area contributed by atoms with E-state index in [-0.39, 0.29) is 22.8 Å². The molecule has 1 aliphatic heterocycles. The summed E-state index contributed by atoms with van der Waals surface area (Å²) in [6.45, 7) is 5.99. The van der Waals surface area contributed by atoms with E-state index < -0.39 is 12.0 Å². The average molecular weight is 480 g/mol. The molecule has 0 bridgehead atoms. The number of hydrogen-bond donors (Lipinski definition) is 1. The minimum Gasteiger partial charge on any atom is -0.493 e. The van der Waals surface area contributed by atoms with Crippen LogP contribution < -0.4 is 9.47 Å². The van der Waals surface area contributed by atoms with Gasteiger partial charge in [0.25, 0.3) is 5.91 Å². The number of ether oxygens (including phenoxy) is 2. The maximum absolute atomic E-state index is 12.8. The summed E-state index contributed by atoms with van der Waals surface area (Å²) in [5.74, 6) is -0.197. The summed E-state index contributed by atoms with van der Waals surface area (Å²) in [7, 11) is 1.58. The van der Waals surface area contributed by atoms with Crippen LogP contribution in [0.4, 0.5) is 0 Å². The Bertz CT molecular complexity index is 855. The molecule has 6 nitrogen and oxygen atoms in total. The van der Waals surface area contributed by atoms with E-state index >= 15 is 0 Å². The number of aliphatic carboxylic acids is 1. The van der Waals surface area contributed by atoms with Crippen LogP contribution in [0.3, 0.4) is 0 Å². The first-order valence-corrected chi connectivity index (χ1v) is 12.4. The van der Waals surface area contributed by atoms with E-state index in [0.29, 0.717) is 16.4 Å². The SMILES string of the molecule is CCCCCCC[C@H](C)Oc1ccc(/C=C2/SC(=S)N([C@@H](CC)C(=O)O)C2=O)cc1OC. The molecule has 1 aliphatic rings. The summed E-state index contributed by atoms with van der Waals surface area (Å²) in [5.41, 5.74) is 0.755. The van der Waals surface area contributed by atoms with E-state index in [1.54, 1.807) is 20.1 Å². The first-order valence-electron chi connectivity index (χ1n) is 11.2. The zero-order valence-electron chi connectivity index (χ0n) is 19.3. The zero-order valence-corrected chi connectivity index (χ0v) is 20.9. The van der Waals surface area contributed by atoms with Crippen molar-refractivity contribution in [3.63, 3.8) is 0 Å². The zero-order chi connectivity index (χ0) is 23.7. The number of thiocarbonyl (C=S) groups is 1. The fourth-order valence-corrected chi connectivity index (χ4v) is 4.91. The van der Waals surface area contributed by atoms with E-state index in [4.69, 9.17) is 21.7 Å². The topological polar surface area (TPSA) is 76.1 Å². The van der Waals surface area contributed by atoms with Gasteiger partial charge in [0.15, 0.2) is 11.5 Å². The van der Waals surface area contributed by atoms with Gasteiger partial charge in [-0.05, 0) is 50.0 Å². The van der Waals surface area contributed by atoms with Crippen LogP contribution in [0.2, 0.25) is 0 Å². The lowest BCUT2D eigenvalue weighted by Crippen LogP contribution is -2.43. The average Bonchev–Trinajstić information content (AvgIpc) is 3.02. The predicted molar refractivity (Wildman–Crippen MR) is 133 cm³/mol. The number of benzene rings is 1. The van der Waals surface area contributed by atoms with Crippen molar-refractivity contribution in [1.29, 1.82) is 0 Å². The highest BCUT2D eigenvalue weighted by Crippen LogP contribution is 2.36. The number of nitrogens with zero attached hydrogens (tertiary/aromatic N) is 1. The minimum absolute atomic E-state index is 0.0784. The normalized spacial score (nSPS) is 17.0. The van der Waals surface area contributed by atoms with E-state index in [2.05, 4.69) is 13.8 Å². The van der Waals surface area contributed by atoms with Crippen molar-refractivity contribution in [2.45, 2.75) is 77.9 Å². The van der Waals surface area contributed by atoms with E-state index in [0.717, 1.165) is 30.2 Å². The highest BCUT2D eigenvalue weighted by atomic mass is 32.2. The number of methoxy groups -OCH3 is 1. The molecule has 0 aliphatic carbocycles. The number of unbranched alkanes of at least 4 members (excludes halogenated alkanes) is 4. The molecule has 1 amide bonds. The Balaban J connectivity index is 2.09. The van der Waals surface area contributed by atoms with Crippen LogP contribution in [0, 0.1) is 0 Å². The van der Waals surface area contributed by atoms with Gasteiger partial charge in [-0.1, -0.05) is 69.6 Å². The van der Waals surface area contributed by atoms with Gasteiger partial charge in [-0.25, -0.2) is 4.79 Å². The maximum Gasteiger partial charge on any atom is 0.326 e. The van der Waals surface area contributed by atoms with Gasteiger partial charge in [-0.2, -0.15) is 0 Å². The quantitative estimate of drug-likeness (QED) is 0.215. The molecule has 1 saturated heterocycles. The second kappa shape index (κ2) is 12.8. The number of rotatable bonds is 13. The molecular formula is C24H33NO5S2. The Labute approximate surface area is 200 Å². The highest BCUT2D eigenvalue weighted by Gasteiger charge is 2.39. The third-order valence-corrected chi connectivity index (χ3v) is 6.67. The third-order valence-electron chi connectivity index (χ3n) is 5.33. The van der Waals surface area contributed by atoms with Gasteiger partial charge < -0.3 is 14.6 Å². The molecule has 1 N–H and O–H groups in total. The highest BCUT2D eigenvalue weighted by molar-refractivity contribution is 8.26. The summed E-state index contributed by atoms with van der Waals surface area (Å²) in [6.07, 6.45) is 9.18. The second-order valence-corrected chi connectivity index (χ2v) is 9.53. The lowest BCUT2D eigenvalue weighted by atomic mass is 10.1. The van der Waals surface area contributed by atoms with Gasteiger partial charge in [-0.3, -0.25) is 9.69 Å². The molecule has 1 fully saturated rings. The van der Waals surface area contributed by atoms with Crippen LogP contribution in [-0.4, -0.2) is 45.5 Å². The van der Waals surface area contributed by atoms with Crippen LogP contribution in [0.1, 0.15) is 71.3 Å². The van der Waals surface area contributed by atoms with Gasteiger partial charge >= 0.3 is 5.97 Å². The lowest BCUT2D eigenvalue weighted by Gasteiger charge is -2.21. The van der Waals surface area contributed by atoms with Gasteiger partial charge in [0.2, 0.25) is 0 Å². The third kappa shape index (κ3) is 6.97. The van der Waals surface area contributed by atoms with Crippen molar-refractivity contribution in [2.24, 2.45) is 0 Å². The summed E-state index contributed by atoms with van der Waals surface area (Å²) in [6, 6.07) is 4.55. The minimum atomic E-state index is -1.06. The number of hydrogen-bond acceptors (Lipinski definition) is 6. The van der Waals surface area contributed by atoms with Gasteiger partial charge in [-0.15, -0.1) is 0 Å². The fourth-order valence-electron chi connectivity index (χ4n) is 3.55. The fraction of sp³-hybridized carbons (Fsp3) is 0.542. The molecule has 32 heavy (non-hydrogen) atoms. The molecule has 176 valence electrons. The summed E-state index contributed by atoms with van der Waals surface area (Å²) >= 11 is 6.38. The van der Waals surface area contributed by atoms with E-state index in [9.17, 15) is 14.7 Å². The van der Waals surface area contributed by atoms with Crippen molar-refractivity contribution in [3.8, 4) is 11.5 Å². The number of thioether (sulfide) groups is 1. The number of carboxylic acids is 1. The summed E-state index contributed by atoms with van der Waals surface area (Å²) in [5, 5.41) is 9.40. The van der Waals surface area contributed by atoms with Crippen LogP contribution in [0.25, 0.3) is 6.08 Å². The molecule has 0 spiro atoms. The molecule has 1 aromatic rings. The van der Waals surface area contributed by atoms with Crippen molar-refractivity contribution in [3.05, 3.63) is 28.7 Å². The lowest BCUT2D eigenvalue weighted by molar-refractivity contribution is -0.145. The molecular weight excluding hydrogens is 446 g/mol. The Morgan fingerprint density at radius 3 is 2.56 bits per heavy atom. The summed E-state index contributed by atoms with van der Waals surface area (Å²) in [4.78, 5) is 25.9. The molecule has 8 heteroatoms. The Morgan fingerprint density at radius 2 is 1.94 bits per heavy atom. The first kappa shape index (κ1) is 26.2. The Hall–Kier alpha value is -2.06. The molecule has 1 heterocycles. The van der Waals surface area contributed by atoms with Gasteiger partial charge in [0, 0.05) is 0 Å². The smallest absolute Gasteiger partial charge is 0.326 e. The maximum atomic E-state index is 12.8. The number of carbonyl (C=O) groups is 2. The molecule has 1 aromatic carbocycles. The van der Waals surface area contributed by atoms with Crippen molar-refractivity contribution < 1.29 is 24.2 Å². The molecule has 0 aromatic heterocycles. The summed E-state index contributed by atoms with van der Waals surface area (Å²) < 4.78 is 11.8. The molecule has 0 radical (unpaired) electrons. The van der Waals surface area contributed by atoms with Crippen LogP contribution in [0.5, 0.6) is 11.5 Å². The standard InChI is InChI=1S/C24H33NO5S2/c1-5-7-8-9-10-11-16(3)30-19-13-12-17(14-20(19)29-4)15-21-22(26)25(24(31)32-21)18(6-2)23(27)28/h12-16,18H,5-11H2,1-4H3,(H,27,28)/b21-15+/t16-,18-/m0/s1. The Kier molecular flexibility index (Phi) is 10.5. The number of amides is 1. The van der Waals surface area contributed by atoms with Gasteiger partial charge in [0.05, 0.1) is 18.1 Å². The largest absolute Gasteiger partial charge is 0.493 e. The van der Waals surface area contributed by atoms with Crippen molar-refractivity contribution in [2.75, 3.05) is 7.11 Å². The Morgan fingerprint density at radius 1 is 1.22 bits per heavy atom. The molecule has 0 saturated carbocycles. The first-order chi connectivity index (χ1) is 15.3. The van der Waals surface area contributed by atoms with Crippen LogP contribution >= 0.6 is 24.0 Å². The number of carbonyl (C=O) groups excluding carboxylic acids is 1. The monoisotopic (exact) mass is 479 g/mol. The molecule has 2 rings (SSSR count). The van der Waals surface area contributed by atoms with E-state index in [1.165, 1.54) is 30.6 Å². The van der Waals surface area contributed by atoms with E-state index in [1.807, 2.05) is 18.2 Å². The molecule has 0 unspecified atom stereocenters. The predicted octanol–water partition coefficient (Wildman–Crippen LogP) is 5.89. The number of carboxylic acid groups (broad SMARTS) is 1.